The summed E-state index contributed by atoms with van der Waals surface area (Å²) in [6.45, 7) is 3.87. The maximum absolute atomic E-state index is 13.0. The molecular formula is C20H19NO3S. The Morgan fingerprint density at radius 3 is 2.00 bits per heavy atom. The smallest absolute Gasteiger partial charge is 0.272 e. The molecule has 1 aliphatic rings. The standard InChI is InChI=1S/C20H19NO3S/c1-13-3-7-15(8-4-13)17-18(25-12-11-22)20(24)21(19(17)23)16-9-5-14(2)6-10-16/h3-10,22H,11-12H2,1-2H3. The molecular weight excluding hydrogens is 334 g/mol. The second-order valence-corrected chi connectivity index (χ2v) is 7.03. The fourth-order valence-corrected chi connectivity index (χ4v) is 3.55. The molecule has 1 aliphatic heterocycles. The van der Waals surface area contributed by atoms with Gasteiger partial charge in [-0.2, -0.15) is 0 Å². The summed E-state index contributed by atoms with van der Waals surface area (Å²) in [5.74, 6) is -0.285. The predicted molar refractivity (Wildman–Crippen MR) is 101 cm³/mol. The van der Waals surface area contributed by atoms with Crippen LogP contribution in [0, 0.1) is 13.8 Å². The Hall–Kier alpha value is -2.37. The number of imide groups is 1. The molecule has 2 amide bonds. The average Bonchev–Trinajstić information content (AvgIpc) is 2.85. The van der Waals surface area contributed by atoms with Gasteiger partial charge in [-0.25, -0.2) is 4.90 Å². The largest absolute Gasteiger partial charge is 0.396 e. The Balaban J connectivity index is 2.05. The lowest BCUT2D eigenvalue weighted by Crippen LogP contribution is -2.31. The highest BCUT2D eigenvalue weighted by Gasteiger charge is 2.39. The summed E-state index contributed by atoms with van der Waals surface area (Å²) < 4.78 is 0. The van der Waals surface area contributed by atoms with Crippen LogP contribution in [-0.2, 0) is 9.59 Å². The molecule has 2 aromatic rings. The lowest BCUT2D eigenvalue weighted by atomic mass is 10.0. The van der Waals surface area contributed by atoms with Crippen LogP contribution in [0.15, 0.2) is 53.4 Å². The van der Waals surface area contributed by atoms with E-state index in [1.54, 1.807) is 12.1 Å². The van der Waals surface area contributed by atoms with Gasteiger partial charge in [0, 0.05) is 5.75 Å². The zero-order chi connectivity index (χ0) is 18.0. The molecule has 1 N–H and O–H groups in total. The van der Waals surface area contributed by atoms with Crippen molar-refractivity contribution in [2.45, 2.75) is 13.8 Å². The molecule has 2 aromatic carbocycles. The van der Waals surface area contributed by atoms with Crippen LogP contribution in [0.3, 0.4) is 0 Å². The molecule has 0 atom stereocenters. The van der Waals surface area contributed by atoms with Gasteiger partial charge in [0.1, 0.15) is 0 Å². The van der Waals surface area contributed by atoms with Gasteiger partial charge in [-0.1, -0.05) is 47.5 Å². The van der Waals surface area contributed by atoms with Crippen LogP contribution in [0.5, 0.6) is 0 Å². The third-order valence-electron chi connectivity index (χ3n) is 4.01. The predicted octanol–water partition coefficient (Wildman–Crippen LogP) is 3.31. The van der Waals surface area contributed by atoms with Crippen molar-refractivity contribution in [3.8, 4) is 0 Å². The van der Waals surface area contributed by atoms with E-state index in [0.717, 1.165) is 16.7 Å². The summed E-state index contributed by atoms with van der Waals surface area (Å²) in [5, 5.41) is 9.13. The Morgan fingerprint density at radius 2 is 1.44 bits per heavy atom. The van der Waals surface area contributed by atoms with Crippen molar-refractivity contribution < 1.29 is 14.7 Å². The first-order valence-corrected chi connectivity index (χ1v) is 9.02. The molecule has 0 saturated heterocycles. The van der Waals surface area contributed by atoms with E-state index in [4.69, 9.17) is 5.11 Å². The second kappa shape index (κ2) is 7.25. The fraction of sp³-hybridized carbons (Fsp3) is 0.200. The van der Waals surface area contributed by atoms with E-state index in [0.29, 0.717) is 21.9 Å². The van der Waals surface area contributed by atoms with E-state index in [1.807, 2.05) is 50.2 Å². The average molecular weight is 353 g/mol. The third-order valence-corrected chi connectivity index (χ3v) is 5.07. The molecule has 0 unspecified atom stereocenters. The second-order valence-electron chi connectivity index (χ2n) is 5.92. The van der Waals surface area contributed by atoms with Crippen molar-refractivity contribution in [2.75, 3.05) is 17.3 Å². The highest BCUT2D eigenvalue weighted by atomic mass is 32.2. The van der Waals surface area contributed by atoms with Crippen molar-refractivity contribution in [1.82, 2.24) is 0 Å². The van der Waals surface area contributed by atoms with Crippen LogP contribution in [0.1, 0.15) is 16.7 Å². The van der Waals surface area contributed by atoms with E-state index in [1.165, 1.54) is 16.7 Å². The van der Waals surface area contributed by atoms with Crippen molar-refractivity contribution in [1.29, 1.82) is 0 Å². The SMILES string of the molecule is Cc1ccc(C2=C(SCCO)C(=O)N(c3ccc(C)cc3)C2=O)cc1. The minimum absolute atomic E-state index is 0.0542. The van der Waals surface area contributed by atoms with Crippen LogP contribution in [-0.4, -0.2) is 29.3 Å². The Bertz CT molecular complexity index is 838. The quantitative estimate of drug-likeness (QED) is 0.838. The van der Waals surface area contributed by atoms with Crippen LogP contribution >= 0.6 is 11.8 Å². The first-order valence-electron chi connectivity index (χ1n) is 8.03. The molecule has 0 aromatic heterocycles. The van der Waals surface area contributed by atoms with Crippen LogP contribution < -0.4 is 4.90 Å². The number of hydrogen-bond acceptors (Lipinski definition) is 4. The van der Waals surface area contributed by atoms with Gasteiger partial charge >= 0.3 is 0 Å². The summed E-state index contributed by atoms with van der Waals surface area (Å²) in [6.07, 6.45) is 0. The number of thioether (sulfide) groups is 1. The summed E-state index contributed by atoms with van der Waals surface area (Å²) in [5.41, 5.74) is 3.83. The number of benzene rings is 2. The maximum Gasteiger partial charge on any atom is 0.272 e. The molecule has 0 radical (unpaired) electrons. The first-order chi connectivity index (χ1) is 12.0. The third kappa shape index (κ3) is 3.38. The highest BCUT2D eigenvalue weighted by molar-refractivity contribution is 8.04. The number of aryl methyl sites for hydroxylation is 2. The number of carbonyl (C=O) groups is 2. The Morgan fingerprint density at radius 1 is 0.880 bits per heavy atom. The molecule has 3 rings (SSSR count). The van der Waals surface area contributed by atoms with Crippen LogP contribution in [0.2, 0.25) is 0 Å². The van der Waals surface area contributed by atoms with Gasteiger partial charge in [0.15, 0.2) is 0 Å². The van der Waals surface area contributed by atoms with Crippen molar-refractivity contribution in [2.24, 2.45) is 0 Å². The van der Waals surface area contributed by atoms with E-state index in [9.17, 15) is 9.59 Å². The molecule has 0 saturated carbocycles. The number of amides is 2. The van der Waals surface area contributed by atoms with Gasteiger partial charge in [-0.15, -0.1) is 11.8 Å². The number of nitrogens with zero attached hydrogens (tertiary/aromatic N) is 1. The number of anilines is 1. The molecule has 5 heteroatoms. The highest BCUT2D eigenvalue weighted by Crippen LogP contribution is 2.38. The van der Waals surface area contributed by atoms with Gasteiger partial charge < -0.3 is 5.11 Å². The molecule has 25 heavy (non-hydrogen) atoms. The number of hydrogen-bond donors (Lipinski definition) is 1. The zero-order valence-corrected chi connectivity index (χ0v) is 15.0. The van der Waals surface area contributed by atoms with Crippen LogP contribution in [0.4, 0.5) is 5.69 Å². The van der Waals surface area contributed by atoms with Gasteiger partial charge in [0.05, 0.1) is 22.8 Å². The van der Waals surface area contributed by atoms with E-state index < -0.39 is 0 Å². The van der Waals surface area contributed by atoms with Crippen molar-refractivity contribution >= 4 is 34.8 Å². The summed E-state index contributed by atoms with van der Waals surface area (Å²) >= 11 is 1.22. The van der Waals surface area contributed by atoms with Crippen molar-refractivity contribution in [3.63, 3.8) is 0 Å². The minimum Gasteiger partial charge on any atom is -0.396 e. The van der Waals surface area contributed by atoms with E-state index in [2.05, 4.69) is 0 Å². The van der Waals surface area contributed by atoms with Crippen molar-refractivity contribution in [3.05, 3.63) is 70.1 Å². The summed E-state index contributed by atoms with van der Waals surface area (Å²) in [6, 6.07) is 14.9. The van der Waals surface area contributed by atoms with Gasteiger partial charge in [0.2, 0.25) is 0 Å². The molecule has 0 aliphatic carbocycles. The number of aliphatic hydroxyl groups excluding tert-OH is 1. The van der Waals surface area contributed by atoms with Gasteiger partial charge in [0.25, 0.3) is 11.8 Å². The molecule has 0 bridgehead atoms. The topological polar surface area (TPSA) is 57.6 Å². The maximum atomic E-state index is 13.0. The molecule has 128 valence electrons. The summed E-state index contributed by atoms with van der Waals surface area (Å²) in [7, 11) is 0. The fourth-order valence-electron chi connectivity index (χ4n) is 2.69. The molecule has 4 nitrogen and oxygen atoms in total. The molecule has 0 fully saturated rings. The number of aliphatic hydroxyl groups is 1. The minimum atomic E-state index is -0.331. The van der Waals surface area contributed by atoms with E-state index >= 15 is 0 Å². The first kappa shape index (κ1) is 17.5. The van der Waals surface area contributed by atoms with Crippen LogP contribution in [0.25, 0.3) is 5.57 Å². The van der Waals surface area contributed by atoms with Gasteiger partial charge in [-0.05, 0) is 31.5 Å². The lowest BCUT2D eigenvalue weighted by Gasteiger charge is -2.15. The Labute approximate surface area is 151 Å². The Kier molecular flexibility index (Phi) is 5.06. The lowest BCUT2D eigenvalue weighted by molar-refractivity contribution is -0.119. The molecule has 0 spiro atoms. The van der Waals surface area contributed by atoms with Gasteiger partial charge in [-0.3, -0.25) is 9.59 Å². The number of rotatable bonds is 5. The number of carbonyl (C=O) groups excluding carboxylic acids is 2. The zero-order valence-electron chi connectivity index (χ0n) is 14.2. The monoisotopic (exact) mass is 353 g/mol. The normalized spacial score (nSPS) is 14.6. The molecule has 1 heterocycles. The van der Waals surface area contributed by atoms with E-state index in [-0.39, 0.29) is 18.4 Å². The summed E-state index contributed by atoms with van der Waals surface area (Å²) in [4.78, 5) is 27.5.